The third-order valence-electron chi connectivity index (χ3n) is 7.69. The Morgan fingerprint density at radius 1 is 1.18 bits per heavy atom. The van der Waals surface area contributed by atoms with Crippen LogP contribution >= 0.6 is 0 Å². The maximum Gasteiger partial charge on any atom is 0.155 e. The van der Waals surface area contributed by atoms with Gasteiger partial charge in [-0.15, -0.1) is 6.42 Å². The zero-order valence-corrected chi connectivity index (χ0v) is 13.5. The van der Waals surface area contributed by atoms with Crippen molar-refractivity contribution in [1.29, 1.82) is 0 Å². The summed E-state index contributed by atoms with van der Waals surface area (Å²) in [5, 5.41) is 10.9. The van der Waals surface area contributed by atoms with Crippen LogP contribution in [0.4, 0.5) is 0 Å². The van der Waals surface area contributed by atoms with Gasteiger partial charge in [0.05, 0.1) is 0 Å². The molecule has 4 aliphatic carbocycles. The monoisotopic (exact) mass is 298 g/mol. The third-order valence-corrected chi connectivity index (χ3v) is 7.69. The van der Waals surface area contributed by atoms with E-state index in [2.05, 4.69) is 12.8 Å². The quantitative estimate of drug-likeness (QED) is 0.695. The Balaban J connectivity index is 1.65. The van der Waals surface area contributed by atoms with Gasteiger partial charge in [0.2, 0.25) is 0 Å². The van der Waals surface area contributed by atoms with Crippen LogP contribution in [0.3, 0.4) is 0 Å². The molecule has 0 spiro atoms. The van der Waals surface area contributed by atoms with Crippen molar-refractivity contribution in [2.24, 2.45) is 29.1 Å². The molecule has 3 saturated carbocycles. The molecule has 0 aromatic rings. The number of carbonyl (C=O) groups excluding carboxylic acids is 1. The van der Waals surface area contributed by atoms with Crippen LogP contribution in [0, 0.1) is 41.4 Å². The molecule has 0 radical (unpaired) electrons. The average Bonchev–Trinajstić information content (AvgIpc) is 2.79. The van der Waals surface area contributed by atoms with Gasteiger partial charge in [-0.3, -0.25) is 4.79 Å². The van der Waals surface area contributed by atoms with Crippen LogP contribution in [0.2, 0.25) is 0 Å². The first-order valence-electron chi connectivity index (χ1n) is 8.92. The van der Waals surface area contributed by atoms with Crippen molar-refractivity contribution in [1.82, 2.24) is 0 Å². The largest absolute Gasteiger partial charge is 0.377 e. The van der Waals surface area contributed by atoms with E-state index >= 15 is 0 Å². The zero-order valence-electron chi connectivity index (χ0n) is 13.5. The minimum atomic E-state index is -0.902. The zero-order chi connectivity index (χ0) is 15.5. The SMILES string of the molecule is C#C[C@]1(O)CC[C@H]2[C@H]3CCC4=CC(=O)CC[C@@H]4[C@@H]3CC[C@@]21C. The minimum absolute atomic E-state index is 0.103. The molecule has 6 atom stereocenters. The van der Waals surface area contributed by atoms with E-state index in [1.54, 1.807) is 0 Å². The summed E-state index contributed by atoms with van der Waals surface area (Å²) in [5.74, 6) is 5.66. The van der Waals surface area contributed by atoms with Gasteiger partial charge in [-0.25, -0.2) is 0 Å². The fraction of sp³-hybridized carbons (Fsp3) is 0.750. The number of terminal acetylenes is 1. The predicted octanol–water partition coefficient (Wildman–Crippen LogP) is 3.49. The molecule has 0 aromatic heterocycles. The van der Waals surface area contributed by atoms with Crippen molar-refractivity contribution < 1.29 is 9.90 Å². The normalized spacial score (nSPS) is 50.4. The number of allylic oxidation sites excluding steroid dienone is 1. The molecule has 4 rings (SSSR count). The maximum absolute atomic E-state index is 11.7. The van der Waals surface area contributed by atoms with E-state index in [1.807, 2.05) is 6.08 Å². The average molecular weight is 298 g/mol. The number of carbonyl (C=O) groups is 1. The molecule has 22 heavy (non-hydrogen) atoms. The predicted molar refractivity (Wildman–Crippen MR) is 85.9 cm³/mol. The van der Waals surface area contributed by atoms with Gasteiger partial charge in [-0.1, -0.05) is 18.4 Å². The Labute approximate surface area is 133 Å². The van der Waals surface area contributed by atoms with Gasteiger partial charge < -0.3 is 5.11 Å². The summed E-state index contributed by atoms with van der Waals surface area (Å²) in [7, 11) is 0. The van der Waals surface area contributed by atoms with E-state index < -0.39 is 5.60 Å². The van der Waals surface area contributed by atoms with Gasteiger partial charge in [-0.2, -0.15) is 0 Å². The first kappa shape index (κ1) is 14.5. The molecule has 3 fully saturated rings. The lowest BCUT2D eigenvalue weighted by Gasteiger charge is -2.54. The Morgan fingerprint density at radius 3 is 2.77 bits per heavy atom. The topological polar surface area (TPSA) is 37.3 Å². The van der Waals surface area contributed by atoms with Gasteiger partial charge in [0.15, 0.2) is 5.78 Å². The second-order valence-electron chi connectivity index (χ2n) is 8.30. The van der Waals surface area contributed by atoms with Crippen LogP contribution in [0.1, 0.15) is 58.3 Å². The van der Waals surface area contributed by atoms with Gasteiger partial charge in [0.25, 0.3) is 0 Å². The molecule has 0 heterocycles. The summed E-state index contributed by atoms with van der Waals surface area (Å²) in [6, 6.07) is 0. The Hall–Kier alpha value is -1.07. The number of hydrogen-bond acceptors (Lipinski definition) is 2. The van der Waals surface area contributed by atoms with Crippen LogP contribution in [-0.4, -0.2) is 16.5 Å². The fourth-order valence-corrected chi connectivity index (χ4v) is 6.43. The molecule has 2 heteroatoms. The summed E-state index contributed by atoms with van der Waals surface area (Å²) in [6.07, 6.45) is 15.7. The first-order chi connectivity index (χ1) is 10.5. The molecule has 0 saturated heterocycles. The van der Waals surface area contributed by atoms with Gasteiger partial charge in [-0.05, 0) is 74.7 Å². The molecule has 0 aromatic carbocycles. The molecule has 2 nitrogen and oxygen atoms in total. The third kappa shape index (κ3) is 1.75. The van der Waals surface area contributed by atoms with Crippen LogP contribution in [0.25, 0.3) is 0 Å². The lowest BCUT2D eigenvalue weighted by molar-refractivity contribution is -0.116. The van der Waals surface area contributed by atoms with Crippen LogP contribution in [-0.2, 0) is 4.79 Å². The first-order valence-corrected chi connectivity index (χ1v) is 8.92. The van der Waals surface area contributed by atoms with Crippen LogP contribution in [0.15, 0.2) is 11.6 Å². The lowest BCUT2D eigenvalue weighted by Crippen LogP contribution is -2.52. The number of fused-ring (bicyclic) bond motifs is 5. The molecule has 1 N–H and O–H groups in total. The molecule has 0 bridgehead atoms. The van der Waals surface area contributed by atoms with Gasteiger partial charge >= 0.3 is 0 Å². The minimum Gasteiger partial charge on any atom is -0.377 e. The van der Waals surface area contributed by atoms with Crippen LogP contribution < -0.4 is 0 Å². The summed E-state index contributed by atoms with van der Waals surface area (Å²) in [4.78, 5) is 11.7. The van der Waals surface area contributed by atoms with E-state index in [4.69, 9.17) is 6.42 Å². The highest BCUT2D eigenvalue weighted by molar-refractivity contribution is 5.91. The van der Waals surface area contributed by atoms with Crippen LogP contribution in [0.5, 0.6) is 0 Å². The molecule has 0 amide bonds. The van der Waals surface area contributed by atoms with E-state index in [9.17, 15) is 9.90 Å². The van der Waals surface area contributed by atoms with Gasteiger partial charge in [0, 0.05) is 11.8 Å². The van der Waals surface area contributed by atoms with Crippen molar-refractivity contribution in [3.8, 4) is 12.3 Å². The highest BCUT2D eigenvalue weighted by Gasteiger charge is 2.61. The van der Waals surface area contributed by atoms with E-state index in [0.717, 1.165) is 44.9 Å². The Morgan fingerprint density at radius 2 is 2.00 bits per heavy atom. The number of rotatable bonds is 0. The standard InChI is InChI=1S/C20H26O2/c1-3-20(22)11-9-18-17-6-4-13-12-14(21)5-7-15(13)16(17)8-10-19(18,20)2/h1,12,15-18,22H,4-11H2,2H3/t15-,16-,17-,18-,19-,20-/m0/s1. The van der Waals surface area contributed by atoms with Crippen molar-refractivity contribution in [2.75, 3.05) is 0 Å². The molecule has 0 aliphatic heterocycles. The summed E-state index contributed by atoms with van der Waals surface area (Å²) in [5.41, 5.74) is 0.418. The maximum atomic E-state index is 11.7. The summed E-state index contributed by atoms with van der Waals surface area (Å²) >= 11 is 0. The molecular weight excluding hydrogens is 272 g/mol. The van der Waals surface area contributed by atoms with E-state index in [1.165, 1.54) is 12.0 Å². The smallest absolute Gasteiger partial charge is 0.155 e. The fourth-order valence-electron chi connectivity index (χ4n) is 6.43. The second kappa shape index (κ2) is 4.71. The van der Waals surface area contributed by atoms with Gasteiger partial charge in [0.1, 0.15) is 5.60 Å². The molecular formula is C20H26O2. The van der Waals surface area contributed by atoms with Crippen molar-refractivity contribution >= 4 is 5.78 Å². The Bertz CT molecular complexity index is 583. The molecule has 4 aliphatic rings. The second-order valence-corrected chi connectivity index (χ2v) is 8.30. The van der Waals surface area contributed by atoms with E-state index in [-0.39, 0.29) is 5.41 Å². The van der Waals surface area contributed by atoms with E-state index in [0.29, 0.717) is 29.5 Å². The molecule has 0 unspecified atom stereocenters. The summed E-state index contributed by atoms with van der Waals surface area (Å²) in [6.45, 7) is 2.23. The lowest BCUT2D eigenvalue weighted by atomic mass is 9.50. The molecule has 118 valence electrons. The number of ketones is 1. The number of hydrogen-bond donors (Lipinski definition) is 1. The Kier molecular flexibility index (Phi) is 3.11. The highest BCUT2D eigenvalue weighted by atomic mass is 16.3. The number of aliphatic hydroxyl groups is 1. The summed E-state index contributed by atoms with van der Waals surface area (Å²) < 4.78 is 0. The van der Waals surface area contributed by atoms with Crippen molar-refractivity contribution in [2.45, 2.75) is 63.9 Å². The van der Waals surface area contributed by atoms with Crippen molar-refractivity contribution in [3.63, 3.8) is 0 Å². The highest BCUT2D eigenvalue weighted by Crippen LogP contribution is 2.64. The van der Waals surface area contributed by atoms with Crippen molar-refractivity contribution in [3.05, 3.63) is 11.6 Å².